The molecule has 0 saturated heterocycles. The molecule has 2 rings (SSSR count). The molecular formula is C16H13ClO5. The standard InChI is InChI=1S/C16H13ClO5/c1-22-14-7-9(6-13(17)15(14)19)5-12(16(20)21)10-3-2-4-11(18)8-10/h2-8,18-19H,1H3,(H,20,21)/b12-5-. The summed E-state index contributed by atoms with van der Waals surface area (Å²) >= 11 is 5.89. The first-order valence-electron chi connectivity index (χ1n) is 6.23. The number of ether oxygens (including phenoxy) is 1. The number of carbonyl (C=O) groups is 1. The molecule has 0 aliphatic heterocycles. The molecule has 0 unspecified atom stereocenters. The quantitative estimate of drug-likeness (QED) is 0.594. The van der Waals surface area contributed by atoms with Crippen molar-refractivity contribution in [1.29, 1.82) is 0 Å². The molecule has 2 aromatic rings. The van der Waals surface area contributed by atoms with Gasteiger partial charge in [-0.25, -0.2) is 4.79 Å². The van der Waals surface area contributed by atoms with E-state index in [1.54, 1.807) is 12.1 Å². The second-order valence-electron chi connectivity index (χ2n) is 4.47. The highest BCUT2D eigenvalue weighted by atomic mass is 35.5. The number of phenols is 2. The summed E-state index contributed by atoms with van der Waals surface area (Å²) in [4.78, 5) is 11.5. The van der Waals surface area contributed by atoms with Crippen LogP contribution in [0.25, 0.3) is 11.6 Å². The third kappa shape index (κ3) is 3.32. The van der Waals surface area contributed by atoms with Gasteiger partial charge in [0.05, 0.1) is 17.7 Å². The van der Waals surface area contributed by atoms with Crippen molar-refractivity contribution in [3.05, 3.63) is 52.5 Å². The first-order chi connectivity index (χ1) is 10.4. The number of hydrogen-bond donors (Lipinski definition) is 3. The molecule has 22 heavy (non-hydrogen) atoms. The number of carboxylic acids is 1. The van der Waals surface area contributed by atoms with Crippen LogP contribution >= 0.6 is 11.6 Å². The Bertz CT molecular complexity index is 752. The van der Waals surface area contributed by atoms with Crippen LogP contribution in [0, 0.1) is 0 Å². The SMILES string of the molecule is COc1cc(/C=C(\C(=O)O)c2cccc(O)c2)cc(Cl)c1O. The maximum absolute atomic E-state index is 11.5. The fourth-order valence-corrected chi connectivity index (χ4v) is 2.16. The Labute approximate surface area is 131 Å². The molecule has 0 fully saturated rings. The number of halogens is 1. The molecule has 6 heteroatoms. The van der Waals surface area contributed by atoms with Crippen molar-refractivity contribution in [1.82, 2.24) is 0 Å². The van der Waals surface area contributed by atoms with Crippen molar-refractivity contribution in [3.63, 3.8) is 0 Å². The van der Waals surface area contributed by atoms with E-state index in [1.807, 2.05) is 0 Å². The van der Waals surface area contributed by atoms with Gasteiger partial charge in [0, 0.05) is 0 Å². The maximum atomic E-state index is 11.5. The highest BCUT2D eigenvalue weighted by Crippen LogP contribution is 2.36. The third-order valence-corrected chi connectivity index (χ3v) is 3.26. The molecule has 0 radical (unpaired) electrons. The van der Waals surface area contributed by atoms with Gasteiger partial charge >= 0.3 is 5.97 Å². The van der Waals surface area contributed by atoms with E-state index in [4.69, 9.17) is 16.3 Å². The van der Waals surface area contributed by atoms with Crippen molar-refractivity contribution in [2.45, 2.75) is 0 Å². The number of carboxylic acid groups (broad SMARTS) is 1. The average molecular weight is 321 g/mol. The van der Waals surface area contributed by atoms with E-state index in [9.17, 15) is 20.1 Å². The predicted octanol–water partition coefficient (Wildman–Crippen LogP) is 3.39. The number of hydrogen-bond acceptors (Lipinski definition) is 4. The van der Waals surface area contributed by atoms with Gasteiger partial charge in [-0.15, -0.1) is 0 Å². The fourth-order valence-electron chi connectivity index (χ4n) is 1.94. The van der Waals surface area contributed by atoms with E-state index >= 15 is 0 Å². The van der Waals surface area contributed by atoms with Gasteiger partial charge in [-0.05, 0) is 41.5 Å². The first-order valence-corrected chi connectivity index (χ1v) is 6.61. The second-order valence-corrected chi connectivity index (χ2v) is 4.87. The van der Waals surface area contributed by atoms with Gasteiger partial charge in [0.25, 0.3) is 0 Å². The van der Waals surface area contributed by atoms with Crippen molar-refractivity contribution in [2.75, 3.05) is 7.11 Å². The van der Waals surface area contributed by atoms with Crippen LogP contribution in [0.15, 0.2) is 36.4 Å². The van der Waals surface area contributed by atoms with E-state index in [2.05, 4.69) is 0 Å². The van der Waals surface area contributed by atoms with Crippen LogP contribution in [0.5, 0.6) is 17.2 Å². The lowest BCUT2D eigenvalue weighted by Gasteiger charge is -2.08. The number of phenolic OH excluding ortho intramolecular Hbond substituents is 2. The van der Waals surface area contributed by atoms with Crippen LogP contribution in [0.2, 0.25) is 5.02 Å². The molecular weight excluding hydrogens is 308 g/mol. The Morgan fingerprint density at radius 1 is 1.23 bits per heavy atom. The summed E-state index contributed by atoms with van der Waals surface area (Å²) in [7, 11) is 1.37. The number of aliphatic carboxylic acids is 1. The summed E-state index contributed by atoms with van der Waals surface area (Å²) < 4.78 is 4.98. The molecule has 0 aliphatic carbocycles. The third-order valence-electron chi connectivity index (χ3n) is 2.97. The molecule has 0 aromatic heterocycles. The van der Waals surface area contributed by atoms with Gasteiger partial charge in [0.1, 0.15) is 5.75 Å². The number of benzene rings is 2. The molecule has 0 saturated carbocycles. The molecule has 0 spiro atoms. The lowest BCUT2D eigenvalue weighted by atomic mass is 10.0. The monoisotopic (exact) mass is 320 g/mol. The van der Waals surface area contributed by atoms with Gasteiger partial charge in [0.15, 0.2) is 11.5 Å². The number of aromatic hydroxyl groups is 2. The van der Waals surface area contributed by atoms with Crippen molar-refractivity contribution >= 4 is 29.2 Å². The lowest BCUT2D eigenvalue weighted by molar-refractivity contribution is -0.130. The zero-order valence-electron chi connectivity index (χ0n) is 11.6. The summed E-state index contributed by atoms with van der Waals surface area (Å²) in [6, 6.07) is 8.80. The van der Waals surface area contributed by atoms with Gasteiger partial charge in [0.2, 0.25) is 0 Å². The molecule has 2 aromatic carbocycles. The lowest BCUT2D eigenvalue weighted by Crippen LogP contribution is -1.99. The van der Waals surface area contributed by atoms with Crippen molar-refractivity contribution in [2.24, 2.45) is 0 Å². The molecule has 0 amide bonds. The molecule has 114 valence electrons. The smallest absolute Gasteiger partial charge is 0.336 e. The van der Waals surface area contributed by atoms with Crippen LogP contribution in [0.4, 0.5) is 0 Å². The van der Waals surface area contributed by atoms with Crippen molar-refractivity contribution < 1.29 is 24.9 Å². The Hall–Kier alpha value is -2.66. The van der Waals surface area contributed by atoms with Crippen LogP contribution < -0.4 is 4.74 Å². The van der Waals surface area contributed by atoms with Crippen LogP contribution in [0.1, 0.15) is 11.1 Å². The normalized spacial score (nSPS) is 11.3. The van der Waals surface area contributed by atoms with E-state index < -0.39 is 5.97 Å². The van der Waals surface area contributed by atoms with Gasteiger partial charge in [-0.1, -0.05) is 23.7 Å². The largest absolute Gasteiger partial charge is 0.508 e. The molecule has 0 bridgehead atoms. The minimum Gasteiger partial charge on any atom is -0.508 e. The number of rotatable bonds is 4. The molecule has 0 heterocycles. The molecule has 3 N–H and O–H groups in total. The van der Waals surface area contributed by atoms with Crippen LogP contribution in [-0.4, -0.2) is 28.4 Å². The maximum Gasteiger partial charge on any atom is 0.336 e. The van der Waals surface area contributed by atoms with E-state index in [-0.39, 0.29) is 27.8 Å². The van der Waals surface area contributed by atoms with E-state index in [0.717, 1.165) is 0 Å². The topological polar surface area (TPSA) is 87.0 Å². The Morgan fingerprint density at radius 2 is 1.95 bits per heavy atom. The van der Waals surface area contributed by atoms with Crippen LogP contribution in [-0.2, 0) is 4.79 Å². The summed E-state index contributed by atoms with van der Waals surface area (Å²) in [5.74, 6) is -1.27. The van der Waals surface area contributed by atoms with E-state index in [1.165, 1.54) is 37.5 Å². The van der Waals surface area contributed by atoms with E-state index in [0.29, 0.717) is 11.1 Å². The zero-order chi connectivity index (χ0) is 16.3. The summed E-state index contributed by atoms with van der Waals surface area (Å²) in [6.07, 6.45) is 1.38. The first kappa shape index (κ1) is 15.7. The summed E-state index contributed by atoms with van der Waals surface area (Å²) in [6.45, 7) is 0. The predicted molar refractivity (Wildman–Crippen MR) is 83.3 cm³/mol. The molecule has 0 atom stereocenters. The minimum atomic E-state index is -1.16. The van der Waals surface area contributed by atoms with Gasteiger partial charge in [-0.2, -0.15) is 0 Å². The minimum absolute atomic E-state index is 0.0280. The second kappa shape index (κ2) is 6.41. The van der Waals surface area contributed by atoms with Gasteiger partial charge < -0.3 is 20.1 Å². The molecule has 0 aliphatic rings. The van der Waals surface area contributed by atoms with Crippen LogP contribution in [0.3, 0.4) is 0 Å². The Kier molecular flexibility index (Phi) is 4.58. The van der Waals surface area contributed by atoms with Gasteiger partial charge in [-0.3, -0.25) is 0 Å². The Balaban J connectivity index is 2.56. The summed E-state index contributed by atoms with van der Waals surface area (Å²) in [5.41, 5.74) is 0.760. The molecule has 5 nitrogen and oxygen atoms in total. The fraction of sp³-hybridized carbons (Fsp3) is 0.0625. The highest BCUT2D eigenvalue weighted by Gasteiger charge is 2.13. The summed E-state index contributed by atoms with van der Waals surface area (Å²) in [5, 5.41) is 28.6. The Morgan fingerprint density at radius 3 is 2.55 bits per heavy atom. The number of methoxy groups -OCH3 is 1. The highest BCUT2D eigenvalue weighted by molar-refractivity contribution is 6.32. The average Bonchev–Trinajstić information content (AvgIpc) is 2.47. The zero-order valence-corrected chi connectivity index (χ0v) is 12.3. The van der Waals surface area contributed by atoms with Crippen molar-refractivity contribution in [3.8, 4) is 17.2 Å².